The third kappa shape index (κ3) is 3.43. The molecular formula is C23H22FN5O2. The molecule has 0 bridgehead atoms. The molecule has 0 fully saturated rings. The number of nitrogens with zero attached hydrogens (tertiary/aromatic N) is 5. The van der Waals surface area contributed by atoms with Crippen molar-refractivity contribution >= 4 is 17.3 Å². The summed E-state index contributed by atoms with van der Waals surface area (Å²) in [6, 6.07) is 13.9. The van der Waals surface area contributed by atoms with E-state index in [9.17, 15) is 9.18 Å². The maximum atomic E-state index is 14.0. The fraction of sp³-hybridized carbons (Fsp3) is 0.261. The zero-order valence-electron chi connectivity index (χ0n) is 17.3. The lowest BCUT2D eigenvalue weighted by molar-refractivity contribution is -0.123. The van der Waals surface area contributed by atoms with Crippen LogP contribution in [-0.4, -0.2) is 46.0 Å². The molecule has 5 rings (SSSR count). The Morgan fingerprint density at radius 3 is 2.81 bits per heavy atom. The summed E-state index contributed by atoms with van der Waals surface area (Å²) in [5.41, 5.74) is 2.86. The minimum Gasteiger partial charge on any atom is -0.489 e. The first-order valence-electron chi connectivity index (χ1n) is 10.1. The molecule has 0 aliphatic carbocycles. The highest BCUT2D eigenvalue weighted by Crippen LogP contribution is 2.43. The number of carbonyl (C=O) groups is 1. The van der Waals surface area contributed by atoms with Crippen LogP contribution >= 0.6 is 0 Å². The van der Waals surface area contributed by atoms with E-state index in [1.165, 1.54) is 12.1 Å². The molecule has 3 heterocycles. The third-order valence-corrected chi connectivity index (χ3v) is 5.69. The van der Waals surface area contributed by atoms with Gasteiger partial charge in [0.25, 0.3) is 5.91 Å². The van der Waals surface area contributed by atoms with E-state index in [2.05, 4.69) is 5.10 Å². The number of amides is 1. The van der Waals surface area contributed by atoms with Gasteiger partial charge in [-0.15, -0.1) is 0 Å². The van der Waals surface area contributed by atoms with Gasteiger partial charge in [0.2, 0.25) is 0 Å². The number of benzene rings is 2. The molecule has 0 saturated heterocycles. The normalized spacial score (nSPS) is 19.3. The molecule has 158 valence electrons. The van der Waals surface area contributed by atoms with Gasteiger partial charge < -0.3 is 9.64 Å². The molecule has 8 heteroatoms. The quantitative estimate of drug-likeness (QED) is 0.652. The number of hydrogen-bond donors (Lipinski definition) is 0. The zero-order chi connectivity index (χ0) is 21.5. The molecular weight excluding hydrogens is 397 g/mol. The minimum absolute atomic E-state index is 0.176. The molecule has 3 aromatic rings. The lowest BCUT2D eigenvalue weighted by Crippen LogP contribution is -2.42. The Labute approximate surface area is 179 Å². The molecule has 0 spiro atoms. The van der Waals surface area contributed by atoms with E-state index in [0.717, 1.165) is 11.1 Å². The molecule has 2 aliphatic rings. The van der Waals surface area contributed by atoms with Gasteiger partial charge in [-0.1, -0.05) is 30.3 Å². The van der Waals surface area contributed by atoms with Crippen molar-refractivity contribution in [3.05, 3.63) is 77.9 Å². The number of hydrogen-bond acceptors (Lipinski definition) is 5. The standard InChI is InChI=1S/C23H22FN5O2/c1-27(12-15-11-25-28(2)13-15)23(30)22-21(16-6-4-3-5-7-16)19-14-31-20-9-8-17(24)10-18(20)29(19)26-22/h3-11,13,19,21H,12,14H2,1-2H3/t19-,21+/m0/s1. The van der Waals surface area contributed by atoms with Gasteiger partial charge in [0.1, 0.15) is 29.6 Å². The minimum atomic E-state index is -0.372. The molecule has 0 unspecified atom stereocenters. The van der Waals surface area contributed by atoms with Crippen molar-refractivity contribution in [3.63, 3.8) is 0 Å². The predicted molar refractivity (Wildman–Crippen MR) is 114 cm³/mol. The Kier molecular flexibility index (Phi) is 4.69. The van der Waals surface area contributed by atoms with Crippen LogP contribution < -0.4 is 9.75 Å². The number of hydrazone groups is 1. The van der Waals surface area contributed by atoms with E-state index in [4.69, 9.17) is 9.84 Å². The molecule has 2 aliphatic heterocycles. The maximum Gasteiger partial charge on any atom is 0.270 e. The van der Waals surface area contributed by atoms with Crippen LogP contribution in [0.25, 0.3) is 0 Å². The summed E-state index contributed by atoms with van der Waals surface area (Å²) in [5, 5.41) is 10.6. The lowest BCUT2D eigenvalue weighted by Gasteiger charge is -2.33. The second-order valence-electron chi connectivity index (χ2n) is 7.89. The Bertz CT molecular complexity index is 1160. The van der Waals surface area contributed by atoms with Gasteiger partial charge in [-0.2, -0.15) is 10.2 Å². The van der Waals surface area contributed by atoms with Crippen LogP contribution in [0.5, 0.6) is 5.75 Å². The number of aromatic nitrogens is 2. The van der Waals surface area contributed by atoms with Crippen molar-refractivity contribution < 1.29 is 13.9 Å². The summed E-state index contributed by atoms with van der Waals surface area (Å²) in [6.45, 7) is 0.768. The summed E-state index contributed by atoms with van der Waals surface area (Å²) >= 11 is 0. The van der Waals surface area contributed by atoms with Crippen LogP contribution in [0.4, 0.5) is 10.1 Å². The van der Waals surface area contributed by atoms with Gasteiger partial charge >= 0.3 is 0 Å². The van der Waals surface area contributed by atoms with Crippen molar-refractivity contribution in [3.8, 4) is 5.75 Å². The highest BCUT2D eigenvalue weighted by atomic mass is 19.1. The number of fused-ring (bicyclic) bond motifs is 3. The topological polar surface area (TPSA) is 63.0 Å². The second-order valence-corrected chi connectivity index (χ2v) is 7.89. The van der Waals surface area contributed by atoms with E-state index in [1.807, 2.05) is 43.6 Å². The van der Waals surface area contributed by atoms with Crippen LogP contribution in [-0.2, 0) is 18.4 Å². The van der Waals surface area contributed by atoms with E-state index < -0.39 is 0 Å². The van der Waals surface area contributed by atoms with Gasteiger partial charge in [-0.3, -0.25) is 14.5 Å². The first-order chi connectivity index (χ1) is 15.0. The van der Waals surface area contributed by atoms with E-state index in [-0.39, 0.29) is 23.7 Å². The van der Waals surface area contributed by atoms with Gasteiger partial charge in [0, 0.05) is 38.5 Å². The average Bonchev–Trinajstić information content (AvgIpc) is 3.37. The van der Waals surface area contributed by atoms with E-state index >= 15 is 0 Å². The van der Waals surface area contributed by atoms with Crippen LogP contribution in [0.3, 0.4) is 0 Å². The zero-order valence-corrected chi connectivity index (χ0v) is 17.3. The molecule has 7 nitrogen and oxygen atoms in total. The SMILES string of the molecule is CN(Cc1cnn(C)c1)C(=O)C1=NN2c3cc(F)ccc3OC[C@H]2[C@H]1c1ccccc1. The molecule has 2 aromatic carbocycles. The highest BCUT2D eigenvalue weighted by molar-refractivity contribution is 6.41. The molecule has 2 atom stereocenters. The Morgan fingerprint density at radius 1 is 1.26 bits per heavy atom. The second kappa shape index (κ2) is 7.54. The van der Waals surface area contributed by atoms with Crippen molar-refractivity contribution in [2.24, 2.45) is 12.1 Å². The fourth-order valence-corrected chi connectivity index (χ4v) is 4.25. The summed E-state index contributed by atoms with van der Waals surface area (Å²) < 4.78 is 21.6. The lowest BCUT2D eigenvalue weighted by atomic mass is 9.87. The monoisotopic (exact) mass is 419 g/mol. The first kappa shape index (κ1) is 19.3. The van der Waals surface area contributed by atoms with Crippen molar-refractivity contribution in [2.75, 3.05) is 18.7 Å². The Balaban J connectivity index is 1.52. The Morgan fingerprint density at radius 2 is 2.06 bits per heavy atom. The summed E-state index contributed by atoms with van der Waals surface area (Å²) in [5.74, 6) is -0.278. The highest BCUT2D eigenvalue weighted by Gasteiger charge is 2.46. The number of carbonyl (C=O) groups excluding carboxylic acids is 1. The van der Waals surface area contributed by atoms with Crippen LogP contribution in [0, 0.1) is 5.82 Å². The number of anilines is 1. The van der Waals surface area contributed by atoms with E-state index in [1.54, 1.807) is 33.9 Å². The average molecular weight is 419 g/mol. The van der Waals surface area contributed by atoms with Crippen LogP contribution in [0.15, 0.2) is 66.0 Å². The van der Waals surface area contributed by atoms with Crippen LogP contribution in [0.1, 0.15) is 17.0 Å². The van der Waals surface area contributed by atoms with Gasteiger partial charge in [0.05, 0.1) is 18.2 Å². The third-order valence-electron chi connectivity index (χ3n) is 5.69. The molecule has 0 radical (unpaired) electrons. The largest absolute Gasteiger partial charge is 0.489 e. The number of halogens is 1. The number of ether oxygens (including phenoxy) is 1. The van der Waals surface area contributed by atoms with Gasteiger partial charge in [0.15, 0.2) is 0 Å². The molecule has 1 amide bonds. The molecule has 0 N–H and O–H groups in total. The Hall–Kier alpha value is -3.68. The van der Waals surface area contributed by atoms with Crippen LogP contribution in [0.2, 0.25) is 0 Å². The smallest absolute Gasteiger partial charge is 0.270 e. The van der Waals surface area contributed by atoms with Gasteiger partial charge in [-0.25, -0.2) is 4.39 Å². The molecule has 1 aromatic heterocycles. The molecule has 31 heavy (non-hydrogen) atoms. The summed E-state index contributed by atoms with van der Waals surface area (Å²) in [6.07, 6.45) is 3.62. The van der Waals surface area contributed by atoms with Crippen molar-refractivity contribution in [2.45, 2.75) is 18.5 Å². The predicted octanol–water partition coefficient (Wildman–Crippen LogP) is 2.94. The number of aryl methyl sites for hydroxylation is 1. The van der Waals surface area contributed by atoms with E-state index in [0.29, 0.717) is 30.3 Å². The molecule has 0 saturated carbocycles. The summed E-state index contributed by atoms with van der Waals surface area (Å²) in [4.78, 5) is 15.1. The van der Waals surface area contributed by atoms with Crippen molar-refractivity contribution in [1.29, 1.82) is 0 Å². The fourth-order valence-electron chi connectivity index (χ4n) is 4.25. The maximum absolute atomic E-state index is 14.0. The number of rotatable bonds is 4. The first-order valence-corrected chi connectivity index (χ1v) is 10.1. The van der Waals surface area contributed by atoms with Crippen molar-refractivity contribution in [1.82, 2.24) is 14.7 Å². The van der Waals surface area contributed by atoms with Gasteiger partial charge in [-0.05, 0) is 17.7 Å². The summed E-state index contributed by atoms with van der Waals surface area (Å²) in [7, 11) is 3.59.